The van der Waals surface area contributed by atoms with Crippen LogP contribution >= 0.6 is 11.3 Å². The van der Waals surface area contributed by atoms with Crippen molar-refractivity contribution in [1.29, 1.82) is 0 Å². The van der Waals surface area contributed by atoms with E-state index in [1.54, 1.807) is 12.3 Å². The van der Waals surface area contributed by atoms with E-state index in [-0.39, 0.29) is 24.3 Å². The van der Waals surface area contributed by atoms with E-state index in [9.17, 15) is 9.59 Å². The van der Waals surface area contributed by atoms with Crippen molar-refractivity contribution in [1.82, 2.24) is 4.98 Å². The van der Waals surface area contributed by atoms with Crippen LogP contribution in [0.5, 0.6) is 5.75 Å². The molecule has 4 rings (SSSR count). The predicted octanol–water partition coefficient (Wildman–Crippen LogP) is 1.95. The number of rotatable bonds is 1. The lowest BCUT2D eigenvalue weighted by Gasteiger charge is -2.27. The summed E-state index contributed by atoms with van der Waals surface area (Å²) < 4.78 is 5.45. The second-order valence-electron chi connectivity index (χ2n) is 4.95. The first-order valence-corrected chi connectivity index (χ1v) is 7.38. The minimum absolute atomic E-state index is 0.0140. The summed E-state index contributed by atoms with van der Waals surface area (Å²) in [6.45, 7) is 0.0140. The third-order valence-electron chi connectivity index (χ3n) is 3.57. The van der Waals surface area contributed by atoms with Gasteiger partial charge in [-0.05, 0) is 17.7 Å². The Balaban J connectivity index is 1.84. The molecule has 0 unspecified atom stereocenters. The van der Waals surface area contributed by atoms with Gasteiger partial charge in [-0.3, -0.25) is 9.59 Å². The highest BCUT2D eigenvalue weighted by atomic mass is 32.1. The molecule has 2 amide bonds. The number of anilines is 2. The Morgan fingerprint density at radius 2 is 2.05 bits per heavy atom. The maximum Gasteiger partial charge on any atom is 0.262 e. The Hall–Kier alpha value is -2.41. The van der Waals surface area contributed by atoms with E-state index in [4.69, 9.17) is 4.74 Å². The van der Waals surface area contributed by atoms with Gasteiger partial charge < -0.3 is 15.4 Å². The van der Waals surface area contributed by atoms with E-state index in [2.05, 4.69) is 15.6 Å². The molecular formula is C14H11N3O3S. The molecule has 1 aromatic heterocycles. The van der Waals surface area contributed by atoms with Gasteiger partial charge in [0, 0.05) is 29.6 Å². The lowest BCUT2D eigenvalue weighted by atomic mass is 9.90. The molecule has 6 nitrogen and oxygen atoms in total. The highest BCUT2D eigenvalue weighted by Gasteiger charge is 2.30. The first kappa shape index (κ1) is 12.3. The van der Waals surface area contributed by atoms with Gasteiger partial charge in [0.05, 0.1) is 5.69 Å². The molecule has 2 N–H and O–H groups in total. The Kier molecular flexibility index (Phi) is 2.68. The van der Waals surface area contributed by atoms with Crippen molar-refractivity contribution >= 4 is 34.5 Å². The molecular weight excluding hydrogens is 290 g/mol. The Morgan fingerprint density at radius 3 is 2.86 bits per heavy atom. The molecule has 1 atom stereocenters. The third kappa shape index (κ3) is 2.06. The van der Waals surface area contributed by atoms with Crippen molar-refractivity contribution in [3.05, 3.63) is 34.3 Å². The summed E-state index contributed by atoms with van der Waals surface area (Å²) in [7, 11) is 0. The van der Waals surface area contributed by atoms with E-state index in [0.717, 1.165) is 10.6 Å². The van der Waals surface area contributed by atoms with Gasteiger partial charge in [-0.2, -0.15) is 0 Å². The van der Waals surface area contributed by atoms with Gasteiger partial charge in [-0.1, -0.05) is 0 Å². The number of carbonyl (C=O) groups is 2. The zero-order valence-corrected chi connectivity index (χ0v) is 11.7. The van der Waals surface area contributed by atoms with Crippen LogP contribution in [0.3, 0.4) is 0 Å². The van der Waals surface area contributed by atoms with Gasteiger partial charge in [-0.15, -0.1) is 11.3 Å². The molecule has 1 aromatic carbocycles. The number of amides is 2. The third-order valence-corrected chi connectivity index (χ3v) is 4.46. The number of benzene rings is 1. The van der Waals surface area contributed by atoms with Gasteiger partial charge in [0.2, 0.25) is 5.91 Å². The van der Waals surface area contributed by atoms with Crippen molar-refractivity contribution < 1.29 is 14.3 Å². The Morgan fingerprint density at radius 1 is 1.19 bits per heavy atom. The maximum absolute atomic E-state index is 11.9. The van der Waals surface area contributed by atoms with Gasteiger partial charge >= 0.3 is 0 Å². The number of fused-ring (bicyclic) bond motifs is 2. The molecule has 0 saturated heterocycles. The number of hydrogen-bond acceptors (Lipinski definition) is 5. The monoisotopic (exact) mass is 301 g/mol. The molecule has 0 spiro atoms. The summed E-state index contributed by atoms with van der Waals surface area (Å²) >= 11 is 1.53. The zero-order valence-electron chi connectivity index (χ0n) is 10.9. The first-order valence-electron chi connectivity index (χ1n) is 6.50. The van der Waals surface area contributed by atoms with Crippen LogP contribution in [0.25, 0.3) is 0 Å². The normalized spacial score (nSPS) is 19.9. The SMILES string of the molecule is O=C1COc2cc3c(cc2N1)NC(=O)C[C@H]3c1nccs1. The van der Waals surface area contributed by atoms with Gasteiger partial charge in [0.15, 0.2) is 6.61 Å². The molecule has 0 radical (unpaired) electrons. The van der Waals surface area contributed by atoms with Crippen molar-refractivity contribution in [2.24, 2.45) is 0 Å². The fourth-order valence-electron chi connectivity index (χ4n) is 2.66. The molecule has 2 aromatic rings. The molecule has 3 heterocycles. The smallest absolute Gasteiger partial charge is 0.262 e. The van der Waals surface area contributed by atoms with Crippen molar-refractivity contribution in [2.45, 2.75) is 12.3 Å². The summed E-state index contributed by atoms with van der Waals surface area (Å²) in [5.74, 6) is 0.318. The van der Waals surface area contributed by atoms with Crippen LogP contribution in [-0.2, 0) is 9.59 Å². The van der Waals surface area contributed by atoms with Gasteiger partial charge in [-0.25, -0.2) is 4.98 Å². The predicted molar refractivity (Wildman–Crippen MR) is 77.8 cm³/mol. The first-order chi connectivity index (χ1) is 10.2. The van der Waals surface area contributed by atoms with Crippen LogP contribution in [0, 0.1) is 0 Å². The molecule has 0 aliphatic carbocycles. The topological polar surface area (TPSA) is 80.3 Å². The number of thiazole rings is 1. The molecule has 2 aliphatic rings. The molecule has 0 bridgehead atoms. The van der Waals surface area contributed by atoms with Crippen molar-refractivity contribution in [3.63, 3.8) is 0 Å². The molecule has 0 saturated carbocycles. The van der Waals surface area contributed by atoms with Crippen LogP contribution in [0.15, 0.2) is 23.7 Å². The maximum atomic E-state index is 11.9. The highest BCUT2D eigenvalue weighted by Crippen LogP contribution is 2.43. The fourth-order valence-corrected chi connectivity index (χ4v) is 3.42. The van der Waals surface area contributed by atoms with Crippen LogP contribution < -0.4 is 15.4 Å². The summed E-state index contributed by atoms with van der Waals surface area (Å²) in [6, 6.07) is 3.63. The van der Waals surface area contributed by atoms with Crippen LogP contribution in [0.2, 0.25) is 0 Å². The highest BCUT2D eigenvalue weighted by molar-refractivity contribution is 7.09. The van der Waals surface area contributed by atoms with Gasteiger partial charge in [0.25, 0.3) is 5.91 Å². The largest absolute Gasteiger partial charge is 0.482 e. The number of hydrogen-bond donors (Lipinski definition) is 2. The van der Waals surface area contributed by atoms with E-state index >= 15 is 0 Å². The number of carbonyl (C=O) groups excluding carboxylic acids is 2. The van der Waals surface area contributed by atoms with E-state index in [1.807, 2.05) is 11.4 Å². The molecule has 2 aliphatic heterocycles. The number of aromatic nitrogens is 1. The van der Waals surface area contributed by atoms with Gasteiger partial charge in [0.1, 0.15) is 10.8 Å². The average Bonchev–Trinajstić information content (AvgIpc) is 2.98. The minimum Gasteiger partial charge on any atom is -0.482 e. The van der Waals surface area contributed by atoms with Crippen LogP contribution in [-0.4, -0.2) is 23.4 Å². The summed E-state index contributed by atoms with van der Waals surface area (Å²) in [5, 5.41) is 8.40. The fraction of sp³-hybridized carbons (Fsp3) is 0.214. The van der Waals surface area contributed by atoms with Crippen LogP contribution in [0.4, 0.5) is 11.4 Å². The van der Waals surface area contributed by atoms with E-state index in [1.165, 1.54) is 11.3 Å². The minimum atomic E-state index is -0.193. The Labute approximate surface area is 124 Å². The Bertz CT molecular complexity index is 742. The standard InChI is InChI=1S/C14H11N3O3S/c18-12-4-8(14-15-1-2-21-14)7-3-11-10(5-9(7)16-12)17-13(19)6-20-11/h1-3,5,8H,4,6H2,(H,16,18)(H,17,19)/t8-/m1/s1. The van der Waals surface area contributed by atoms with E-state index in [0.29, 0.717) is 23.5 Å². The average molecular weight is 301 g/mol. The zero-order chi connectivity index (χ0) is 14.4. The number of ether oxygens (including phenoxy) is 1. The lowest BCUT2D eigenvalue weighted by molar-refractivity contribution is -0.118. The van der Waals surface area contributed by atoms with E-state index < -0.39 is 0 Å². The summed E-state index contributed by atoms with van der Waals surface area (Å²) in [5.41, 5.74) is 2.26. The lowest BCUT2D eigenvalue weighted by Crippen LogP contribution is -2.28. The molecule has 0 fully saturated rings. The second kappa shape index (κ2) is 4.56. The quantitative estimate of drug-likeness (QED) is 0.843. The summed E-state index contributed by atoms with van der Waals surface area (Å²) in [6.07, 6.45) is 2.10. The van der Waals surface area contributed by atoms with Crippen molar-refractivity contribution in [2.75, 3.05) is 17.2 Å². The summed E-state index contributed by atoms with van der Waals surface area (Å²) in [4.78, 5) is 27.6. The molecule has 7 heteroatoms. The number of nitrogens with one attached hydrogen (secondary N) is 2. The number of nitrogens with zero attached hydrogens (tertiary/aromatic N) is 1. The van der Waals surface area contributed by atoms with Crippen molar-refractivity contribution in [3.8, 4) is 5.75 Å². The molecule has 21 heavy (non-hydrogen) atoms. The molecule has 106 valence electrons. The van der Waals surface area contributed by atoms with Crippen LogP contribution in [0.1, 0.15) is 22.9 Å². The second-order valence-corrected chi connectivity index (χ2v) is 5.87.